The van der Waals surface area contributed by atoms with Gasteiger partial charge in [-0.1, -0.05) is 13.3 Å². The van der Waals surface area contributed by atoms with Gasteiger partial charge < -0.3 is 10.2 Å². The van der Waals surface area contributed by atoms with Crippen molar-refractivity contribution in [1.82, 2.24) is 15.3 Å². The number of piperidine rings is 1. The largest absolute Gasteiger partial charge is 0.356 e. The Balaban J connectivity index is 2.05. The van der Waals surface area contributed by atoms with Crippen LogP contribution >= 0.6 is 0 Å². The molecule has 0 amide bonds. The molecule has 0 aromatic carbocycles. The third-order valence-corrected chi connectivity index (χ3v) is 3.45. The van der Waals surface area contributed by atoms with E-state index in [0.29, 0.717) is 24.0 Å². The zero-order valence-corrected chi connectivity index (χ0v) is 11.1. The second-order valence-corrected chi connectivity index (χ2v) is 4.84. The first-order valence-electron chi connectivity index (χ1n) is 6.66. The van der Waals surface area contributed by atoms with Crippen LogP contribution in [0.25, 0.3) is 0 Å². The van der Waals surface area contributed by atoms with Crippen molar-refractivity contribution < 1.29 is 4.39 Å². The van der Waals surface area contributed by atoms with Crippen molar-refractivity contribution in [3.05, 3.63) is 17.8 Å². The highest BCUT2D eigenvalue weighted by Gasteiger charge is 2.18. The lowest BCUT2D eigenvalue weighted by Gasteiger charge is -2.29. The number of nitrogens with one attached hydrogen (secondary N) is 1. The number of rotatable bonds is 4. The van der Waals surface area contributed by atoms with Gasteiger partial charge in [-0.25, -0.2) is 14.4 Å². The third kappa shape index (κ3) is 2.96. The number of aromatic nitrogens is 2. The van der Waals surface area contributed by atoms with Crippen LogP contribution in [0.15, 0.2) is 6.33 Å². The highest BCUT2D eigenvalue weighted by atomic mass is 19.1. The molecule has 1 aromatic heterocycles. The van der Waals surface area contributed by atoms with Crippen LogP contribution in [0.3, 0.4) is 0 Å². The Morgan fingerprint density at radius 3 is 2.94 bits per heavy atom. The molecular weight excluding hydrogens is 231 g/mol. The fourth-order valence-electron chi connectivity index (χ4n) is 2.41. The monoisotopic (exact) mass is 252 g/mol. The van der Waals surface area contributed by atoms with Crippen LogP contribution in [-0.4, -0.2) is 36.1 Å². The molecule has 1 aliphatic heterocycles. The molecule has 5 heteroatoms. The van der Waals surface area contributed by atoms with Gasteiger partial charge >= 0.3 is 0 Å². The van der Waals surface area contributed by atoms with E-state index in [9.17, 15) is 4.39 Å². The fourth-order valence-corrected chi connectivity index (χ4v) is 2.41. The molecular formula is C13H21FN4. The zero-order valence-electron chi connectivity index (χ0n) is 11.1. The lowest BCUT2D eigenvalue weighted by atomic mass is 10.0. The first-order valence-corrected chi connectivity index (χ1v) is 6.66. The van der Waals surface area contributed by atoms with Crippen molar-refractivity contribution in [1.29, 1.82) is 0 Å². The number of anilines is 1. The summed E-state index contributed by atoms with van der Waals surface area (Å²) < 4.78 is 14.1. The molecule has 0 radical (unpaired) electrons. The Hall–Kier alpha value is -1.23. The predicted octanol–water partition coefficient (Wildman–Crippen LogP) is 1.76. The van der Waals surface area contributed by atoms with Crippen molar-refractivity contribution in [2.75, 3.05) is 25.0 Å². The summed E-state index contributed by atoms with van der Waals surface area (Å²) in [7, 11) is 1.89. The lowest BCUT2D eigenvalue weighted by Crippen LogP contribution is -2.43. The molecule has 18 heavy (non-hydrogen) atoms. The van der Waals surface area contributed by atoms with Crippen LogP contribution in [-0.2, 0) is 6.42 Å². The molecule has 2 heterocycles. The van der Waals surface area contributed by atoms with Gasteiger partial charge in [-0.15, -0.1) is 0 Å². The Labute approximate surface area is 108 Å². The average Bonchev–Trinajstić information content (AvgIpc) is 2.40. The summed E-state index contributed by atoms with van der Waals surface area (Å²) in [5.74, 6) is 0.132. The maximum absolute atomic E-state index is 14.1. The van der Waals surface area contributed by atoms with E-state index in [1.165, 1.54) is 19.2 Å². The molecule has 1 fully saturated rings. The summed E-state index contributed by atoms with van der Waals surface area (Å²) in [5.41, 5.74) is 0.489. The maximum Gasteiger partial charge on any atom is 0.187 e. The van der Waals surface area contributed by atoms with Gasteiger partial charge in [0.1, 0.15) is 6.33 Å². The van der Waals surface area contributed by atoms with Gasteiger partial charge in [-0.2, -0.15) is 0 Å². The minimum Gasteiger partial charge on any atom is -0.356 e. The van der Waals surface area contributed by atoms with Crippen LogP contribution in [0.5, 0.6) is 0 Å². The van der Waals surface area contributed by atoms with E-state index in [4.69, 9.17) is 0 Å². The van der Waals surface area contributed by atoms with E-state index >= 15 is 0 Å². The topological polar surface area (TPSA) is 41.1 Å². The SMILES string of the molecule is CCc1ncnc(N(C)CC2CCCCN2)c1F. The van der Waals surface area contributed by atoms with Gasteiger partial charge in [0.15, 0.2) is 11.6 Å². The number of hydrogen-bond donors (Lipinski definition) is 1. The highest BCUT2D eigenvalue weighted by molar-refractivity contribution is 5.40. The number of aryl methyl sites for hydroxylation is 1. The fraction of sp³-hybridized carbons (Fsp3) is 0.692. The molecule has 0 bridgehead atoms. The van der Waals surface area contributed by atoms with Crippen molar-refractivity contribution in [3.63, 3.8) is 0 Å². The number of hydrogen-bond acceptors (Lipinski definition) is 4. The van der Waals surface area contributed by atoms with E-state index in [1.54, 1.807) is 0 Å². The smallest absolute Gasteiger partial charge is 0.187 e. The minimum atomic E-state index is -0.279. The van der Waals surface area contributed by atoms with E-state index in [-0.39, 0.29) is 5.82 Å². The maximum atomic E-state index is 14.1. The number of halogens is 1. The van der Waals surface area contributed by atoms with Gasteiger partial charge in [0.2, 0.25) is 0 Å². The highest BCUT2D eigenvalue weighted by Crippen LogP contribution is 2.18. The number of nitrogens with zero attached hydrogens (tertiary/aromatic N) is 3. The summed E-state index contributed by atoms with van der Waals surface area (Å²) in [6, 6.07) is 0.434. The summed E-state index contributed by atoms with van der Waals surface area (Å²) in [5, 5.41) is 3.46. The minimum absolute atomic E-state index is 0.279. The molecule has 100 valence electrons. The van der Waals surface area contributed by atoms with Crippen LogP contribution < -0.4 is 10.2 Å². The predicted molar refractivity (Wildman–Crippen MR) is 70.3 cm³/mol. The van der Waals surface area contributed by atoms with Gasteiger partial charge in [0.25, 0.3) is 0 Å². The quantitative estimate of drug-likeness (QED) is 0.886. The molecule has 1 unspecified atom stereocenters. The second kappa shape index (κ2) is 6.09. The third-order valence-electron chi connectivity index (χ3n) is 3.45. The van der Waals surface area contributed by atoms with Gasteiger partial charge in [-0.3, -0.25) is 0 Å². The average molecular weight is 252 g/mol. The van der Waals surface area contributed by atoms with Gasteiger partial charge in [-0.05, 0) is 25.8 Å². The summed E-state index contributed by atoms with van der Waals surface area (Å²) in [6.07, 6.45) is 5.68. The Morgan fingerprint density at radius 2 is 2.28 bits per heavy atom. The second-order valence-electron chi connectivity index (χ2n) is 4.84. The summed E-state index contributed by atoms with van der Waals surface area (Å²) in [6.45, 7) is 3.75. The van der Waals surface area contributed by atoms with Gasteiger partial charge in [0.05, 0.1) is 5.69 Å². The molecule has 0 spiro atoms. The summed E-state index contributed by atoms with van der Waals surface area (Å²) >= 11 is 0. The molecule has 0 aliphatic carbocycles. The van der Waals surface area contributed by atoms with E-state index < -0.39 is 0 Å². The van der Waals surface area contributed by atoms with Crippen molar-refractivity contribution >= 4 is 5.82 Å². The summed E-state index contributed by atoms with van der Waals surface area (Å²) in [4.78, 5) is 9.91. The van der Waals surface area contributed by atoms with Crippen LogP contribution in [0, 0.1) is 5.82 Å². The first kappa shape index (κ1) is 13.2. The molecule has 1 atom stereocenters. The number of likely N-dealkylation sites (N-methyl/N-ethyl adjacent to an activating group) is 1. The standard InChI is InChI=1S/C13H21FN4/c1-3-11-12(14)13(17-9-16-11)18(2)8-10-6-4-5-7-15-10/h9-10,15H,3-8H2,1-2H3. The van der Waals surface area contributed by atoms with E-state index in [1.807, 2.05) is 18.9 Å². The molecule has 1 saturated heterocycles. The lowest BCUT2D eigenvalue weighted by molar-refractivity contribution is 0.401. The van der Waals surface area contributed by atoms with Crippen molar-refractivity contribution in [2.24, 2.45) is 0 Å². The van der Waals surface area contributed by atoms with Crippen LogP contribution in [0.2, 0.25) is 0 Å². The van der Waals surface area contributed by atoms with E-state index in [0.717, 1.165) is 19.5 Å². The van der Waals surface area contributed by atoms with Crippen molar-refractivity contribution in [2.45, 2.75) is 38.6 Å². The Kier molecular flexibility index (Phi) is 4.47. The van der Waals surface area contributed by atoms with Crippen molar-refractivity contribution in [3.8, 4) is 0 Å². The Bertz CT molecular complexity index is 391. The molecule has 1 N–H and O–H groups in total. The van der Waals surface area contributed by atoms with E-state index in [2.05, 4.69) is 15.3 Å². The molecule has 1 aliphatic rings. The molecule has 1 aromatic rings. The van der Waals surface area contributed by atoms with Crippen LogP contribution in [0.1, 0.15) is 31.9 Å². The molecule has 2 rings (SSSR count). The zero-order chi connectivity index (χ0) is 13.0. The van der Waals surface area contributed by atoms with Crippen LogP contribution in [0.4, 0.5) is 10.2 Å². The molecule has 4 nitrogen and oxygen atoms in total. The van der Waals surface area contributed by atoms with Gasteiger partial charge in [0, 0.05) is 19.6 Å². The molecule has 0 saturated carbocycles. The normalized spacial score (nSPS) is 19.8. The first-order chi connectivity index (χ1) is 8.72. The Morgan fingerprint density at radius 1 is 1.44 bits per heavy atom.